The standard InChI is InChI=1S/C12H14N2OS/c1-8(15)14-5-4-9-2-3-10(6-12(9)14)11(13)7-16/h2-3,6-7,16H,4-5,13H2,1H3/b11-7-. The number of hydrogen-bond donors (Lipinski definition) is 2. The van der Waals surface area contributed by atoms with Gasteiger partial charge in [-0.1, -0.05) is 12.1 Å². The second kappa shape index (κ2) is 4.22. The average Bonchev–Trinajstić information content (AvgIpc) is 2.70. The van der Waals surface area contributed by atoms with E-state index in [9.17, 15) is 4.79 Å². The first-order chi connectivity index (χ1) is 7.63. The highest BCUT2D eigenvalue weighted by Crippen LogP contribution is 2.30. The average molecular weight is 234 g/mol. The first-order valence-electron chi connectivity index (χ1n) is 5.14. The van der Waals surface area contributed by atoms with E-state index in [1.165, 1.54) is 5.56 Å². The number of rotatable bonds is 1. The van der Waals surface area contributed by atoms with Crippen LogP contribution in [0.5, 0.6) is 0 Å². The summed E-state index contributed by atoms with van der Waals surface area (Å²) in [6.45, 7) is 2.35. The second-order valence-electron chi connectivity index (χ2n) is 3.85. The van der Waals surface area contributed by atoms with Crippen LogP contribution in [0.15, 0.2) is 23.6 Å². The van der Waals surface area contributed by atoms with Crippen LogP contribution in [-0.4, -0.2) is 12.5 Å². The molecule has 0 aromatic heterocycles. The van der Waals surface area contributed by atoms with Crippen molar-refractivity contribution in [2.24, 2.45) is 5.73 Å². The molecule has 16 heavy (non-hydrogen) atoms. The minimum atomic E-state index is 0.0734. The van der Waals surface area contributed by atoms with Gasteiger partial charge >= 0.3 is 0 Å². The lowest BCUT2D eigenvalue weighted by Crippen LogP contribution is -2.25. The maximum Gasteiger partial charge on any atom is 0.223 e. The van der Waals surface area contributed by atoms with E-state index in [-0.39, 0.29) is 5.91 Å². The quantitative estimate of drug-likeness (QED) is 0.728. The number of carbonyl (C=O) groups is 1. The monoisotopic (exact) mass is 234 g/mol. The van der Waals surface area contributed by atoms with Gasteiger partial charge in [-0.2, -0.15) is 0 Å². The van der Waals surface area contributed by atoms with E-state index in [4.69, 9.17) is 5.73 Å². The van der Waals surface area contributed by atoms with Crippen molar-refractivity contribution in [3.63, 3.8) is 0 Å². The van der Waals surface area contributed by atoms with Crippen molar-refractivity contribution in [2.75, 3.05) is 11.4 Å². The number of benzene rings is 1. The van der Waals surface area contributed by atoms with Gasteiger partial charge in [0, 0.05) is 24.9 Å². The van der Waals surface area contributed by atoms with Crippen LogP contribution in [0, 0.1) is 0 Å². The highest BCUT2D eigenvalue weighted by Gasteiger charge is 2.22. The van der Waals surface area contributed by atoms with E-state index >= 15 is 0 Å². The van der Waals surface area contributed by atoms with Crippen LogP contribution in [0.25, 0.3) is 5.70 Å². The lowest BCUT2D eigenvalue weighted by atomic mass is 10.1. The van der Waals surface area contributed by atoms with E-state index in [1.807, 2.05) is 18.2 Å². The Labute approximate surface area is 100 Å². The third-order valence-electron chi connectivity index (χ3n) is 2.83. The Morgan fingerprint density at radius 3 is 2.94 bits per heavy atom. The number of nitrogens with zero attached hydrogens (tertiary/aromatic N) is 1. The Balaban J connectivity index is 2.45. The Morgan fingerprint density at radius 1 is 1.56 bits per heavy atom. The first kappa shape index (κ1) is 11.1. The van der Waals surface area contributed by atoms with Gasteiger partial charge in [-0.05, 0) is 29.0 Å². The molecule has 1 aromatic rings. The summed E-state index contributed by atoms with van der Waals surface area (Å²) in [7, 11) is 0. The molecular weight excluding hydrogens is 220 g/mol. The minimum absolute atomic E-state index is 0.0734. The molecule has 4 heteroatoms. The molecule has 2 N–H and O–H groups in total. The van der Waals surface area contributed by atoms with Crippen LogP contribution < -0.4 is 10.6 Å². The lowest BCUT2D eigenvalue weighted by Gasteiger charge is -2.15. The minimum Gasteiger partial charge on any atom is -0.398 e. The summed E-state index contributed by atoms with van der Waals surface area (Å²) in [6.07, 6.45) is 0.916. The van der Waals surface area contributed by atoms with Gasteiger partial charge in [-0.25, -0.2) is 0 Å². The number of fused-ring (bicyclic) bond motifs is 1. The molecule has 1 aliphatic rings. The number of anilines is 1. The van der Waals surface area contributed by atoms with Gasteiger partial charge < -0.3 is 10.6 Å². The summed E-state index contributed by atoms with van der Waals surface area (Å²) in [5.41, 5.74) is 9.48. The molecule has 3 nitrogen and oxygen atoms in total. The Kier molecular flexibility index (Phi) is 2.92. The molecule has 0 spiro atoms. The summed E-state index contributed by atoms with van der Waals surface area (Å²) in [5.74, 6) is 0.0734. The fraction of sp³-hybridized carbons (Fsp3) is 0.250. The van der Waals surface area contributed by atoms with Gasteiger partial charge in [-0.3, -0.25) is 4.79 Å². The summed E-state index contributed by atoms with van der Waals surface area (Å²) >= 11 is 4.03. The van der Waals surface area contributed by atoms with Crippen molar-refractivity contribution in [1.82, 2.24) is 0 Å². The molecule has 1 aliphatic heterocycles. The molecule has 0 atom stereocenters. The van der Waals surface area contributed by atoms with Gasteiger partial charge in [-0.15, -0.1) is 12.6 Å². The molecule has 1 heterocycles. The van der Waals surface area contributed by atoms with Crippen molar-refractivity contribution in [2.45, 2.75) is 13.3 Å². The summed E-state index contributed by atoms with van der Waals surface area (Å²) in [5, 5.41) is 1.56. The lowest BCUT2D eigenvalue weighted by molar-refractivity contribution is -0.116. The molecule has 2 rings (SSSR count). The predicted octanol–water partition coefficient (Wildman–Crippen LogP) is 1.78. The molecule has 0 saturated heterocycles. The van der Waals surface area contributed by atoms with Crippen molar-refractivity contribution in [3.05, 3.63) is 34.7 Å². The largest absolute Gasteiger partial charge is 0.398 e. The van der Waals surface area contributed by atoms with E-state index in [2.05, 4.69) is 12.6 Å². The van der Waals surface area contributed by atoms with Crippen LogP contribution in [0.1, 0.15) is 18.1 Å². The molecular formula is C12H14N2OS. The molecule has 0 saturated carbocycles. The SMILES string of the molecule is CC(=O)N1CCc2ccc(/C(N)=C/S)cc21. The number of hydrogen-bond acceptors (Lipinski definition) is 3. The highest BCUT2D eigenvalue weighted by atomic mass is 32.1. The molecule has 0 radical (unpaired) electrons. The van der Waals surface area contributed by atoms with Crippen LogP contribution in [0.4, 0.5) is 5.69 Å². The highest BCUT2D eigenvalue weighted by molar-refractivity contribution is 7.83. The van der Waals surface area contributed by atoms with Gasteiger partial charge in [0.15, 0.2) is 0 Å². The third kappa shape index (κ3) is 1.80. The molecule has 1 aromatic carbocycles. The van der Waals surface area contributed by atoms with Gasteiger partial charge in [0.1, 0.15) is 0 Å². The van der Waals surface area contributed by atoms with Gasteiger partial charge in [0.05, 0.1) is 0 Å². The van der Waals surface area contributed by atoms with Crippen molar-refractivity contribution >= 4 is 29.9 Å². The van der Waals surface area contributed by atoms with Crippen LogP contribution in [0.3, 0.4) is 0 Å². The van der Waals surface area contributed by atoms with Crippen molar-refractivity contribution < 1.29 is 4.79 Å². The fourth-order valence-corrected chi connectivity index (χ4v) is 2.11. The van der Waals surface area contributed by atoms with Gasteiger partial charge in [0.25, 0.3) is 0 Å². The zero-order chi connectivity index (χ0) is 11.7. The summed E-state index contributed by atoms with van der Waals surface area (Å²) in [6, 6.07) is 5.94. The van der Waals surface area contributed by atoms with Crippen LogP contribution in [0.2, 0.25) is 0 Å². The number of carbonyl (C=O) groups excluding carboxylic acids is 1. The number of nitrogens with two attached hydrogens (primary N) is 1. The Hall–Kier alpha value is -1.42. The number of thiol groups is 1. The van der Waals surface area contributed by atoms with E-state index < -0.39 is 0 Å². The normalized spacial score (nSPS) is 15.1. The zero-order valence-corrected chi connectivity index (χ0v) is 10.00. The topological polar surface area (TPSA) is 46.3 Å². The molecule has 0 fully saturated rings. The van der Waals surface area contributed by atoms with Crippen molar-refractivity contribution in [1.29, 1.82) is 0 Å². The number of amides is 1. The van der Waals surface area contributed by atoms with E-state index in [0.29, 0.717) is 5.70 Å². The maximum atomic E-state index is 11.4. The smallest absolute Gasteiger partial charge is 0.223 e. The Morgan fingerprint density at radius 2 is 2.31 bits per heavy atom. The third-order valence-corrected chi connectivity index (χ3v) is 3.11. The molecule has 84 valence electrons. The fourth-order valence-electron chi connectivity index (χ4n) is 1.96. The molecule has 0 unspecified atom stereocenters. The second-order valence-corrected chi connectivity index (χ2v) is 4.11. The zero-order valence-electron chi connectivity index (χ0n) is 9.10. The molecule has 0 bridgehead atoms. The summed E-state index contributed by atoms with van der Waals surface area (Å²) in [4.78, 5) is 13.2. The van der Waals surface area contributed by atoms with Crippen molar-refractivity contribution in [3.8, 4) is 0 Å². The van der Waals surface area contributed by atoms with Crippen LogP contribution in [-0.2, 0) is 11.2 Å². The molecule has 1 amide bonds. The maximum absolute atomic E-state index is 11.4. The molecule has 0 aliphatic carbocycles. The summed E-state index contributed by atoms with van der Waals surface area (Å²) < 4.78 is 0. The Bertz CT molecular complexity index is 468. The van der Waals surface area contributed by atoms with Crippen LogP contribution >= 0.6 is 12.6 Å². The first-order valence-corrected chi connectivity index (χ1v) is 5.66. The van der Waals surface area contributed by atoms with Gasteiger partial charge in [0.2, 0.25) is 5.91 Å². The predicted molar refractivity (Wildman–Crippen MR) is 69.3 cm³/mol. The van der Waals surface area contributed by atoms with E-state index in [1.54, 1.807) is 17.2 Å². The van der Waals surface area contributed by atoms with E-state index in [0.717, 1.165) is 24.2 Å².